The second-order valence-corrected chi connectivity index (χ2v) is 7.18. The molecule has 0 bridgehead atoms. The predicted octanol–water partition coefficient (Wildman–Crippen LogP) is 3.33. The molecule has 2 heterocycles. The van der Waals surface area contributed by atoms with Crippen LogP contribution in [-0.4, -0.2) is 36.6 Å². The van der Waals surface area contributed by atoms with E-state index in [0.29, 0.717) is 22.2 Å². The summed E-state index contributed by atoms with van der Waals surface area (Å²) >= 11 is 1.26. The van der Waals surface area contributed by atoms with Crippen LogP contribution in [0.3, 0.4) is 0 Å². The number of nitrogens with two attached hydrogens (primary N) is 1. The van der Waals surface area contributed by atoms with Gasteiger partial charge in [-0.1, -0.05) is 66.4 Å². The van der Waals surface area contributed by atoms with Gasteiger partial charge in [-0.2, -0.15) is 5.10 Å². The molecule has 0 aliphatic rings. The normalized spacial score (nSPS) is 10.9. The van der Waals surface area contributed by atoms with Crippen molar-refractivity contribution in [1.82, 2.24) is 25.1 Å². The van der Waals surface area contributed by atoms with Gasteiger partial charge >= 0.3 is 0 Å². The lowest BCUT2D eigenvalue weighted by Gasteiger charge is -2.04. The van der Waals surface area contributed by atoms with Gasteiger partial charge in [-0.15, -0.1) is 10.2 Å². The lowest BCUT2D eigenvalue weighted by Crippen LogP contribution is -2.13. The Hall–Kier alpha value is -3.39. The van der Waals surface area contributed by atoms with E-state index in [1.54, 1.807) is 0 Å². The summed E-state index contributed by atoms with van der Waals surface area (Å²) in [5, 5.41) is 16.0. The topological polar surface area (TPSA) is 102 Å². The number of carbonyl (C=O) groups is 1. The number of hydrogen-bond donors (Lipinski definition) is 2. The van der Waals surface area contributed by atoms with E-state index in [9.17, 15) is 4.79 Å². The minimum atomic E-state index is 0.0283. The number of aromatic amines is 1. The fourth-order valence-electron chi connectivity index (χ4n) is 2.85. The predicted molar refractivity (Wildman–Crippen MR) is 109 cm³/mol. The van der Waals surface area contributed by atoms with Gasteiger partial charge in [-0.05, 0) is 18.6 Å². The molecule has 7 nitrogen and oxygen atoms in total. The molecule has 4 rings (SSSR count). The summed E-state index contributed by atoms with van der Waals surface area (Å²) in [7, 11) is 0. The smallest absolute Gasteiger partial charge is 0.210 e. The van der Waals surface area contributed by atoms with Crippen molar-refractivity contribution in [2.24, 2.45) is 0 Å². The lowest BCUT2D eigenvalue weighted by molar-refractivity contribution is 0.102. The molecular weight excluding hydrogens is 372 g/mol. The van der Waals surface area contributed by atoms with Crippen LogP contribution in [-0.2, 0) is 0 Å². The zero-order chi connectivity index (χ0) is 19.5. The molecule has 0 saturated carbocycles. The van der Waals surface area contributed by atoms with Crippen molar-refractivity contribution < 1.29 is 4.79 Å². The van der Waals surface area contributed by atoms with E-state index in [-0.39, 0.29) is 11.5 Å². The molecule has 8 heteroatoms. The fraction of sp³-hybridized carbons (Fsp3) is 0.100. The second-order valence-electron chi connectivity index (χ2n) is 6.24. The van der Waals surface area contributed by atoms with Gasteiger partial charge in [0.2, 0.25) is 11.0 Å². The summed E-state index contributed by atoms with van der Waals surface area (Å²) in [6.45, 7) is 1.92. The highest BCUT2D eigenvalue weighted by Crippen LogP contribution is 2.25. The van der Waals surface area contributed by atoms with E-state index < -0.39 is 0 Å². The Balaban J connectivity index is 1.50. The highest BCUT2D eigenvalue weighted by atomic mass is 32.2. The SMILES string of the molecule is Cc1ccccc1C(=O)CSc1nnc(-c2cc(-c3ccccc3)n[nH]2)n1N. The first-order valence-corrected chi connectivity index (χ1v) is 9.65. The molecule has 3 N–H and O–H groups in total. The van der Waals surface area contributed by atoms with Gasteiger partial charge in [0.15, 0.2) is 5.78 Å². The lowest BCUT2D eigenvalue weighted by atomic mass is 10.1. The third kappa shape index (κ3) is 3.54. The number of carbonyl (C=O) groups excluding carboxylic acids is 1. The quantitative estimate of drug-likeness (QED) is 0.297. The van der Waals surface area contributed by atoms with Gasteiger partial charge in [0.1, 0.15) is 5.69 Å². The van der Waals surface area contributed by atoms with Crippen molar-refractivity contribution >= 4 is 17.5 Å². The average molecular weight is 390 g/mol. The molecule has 0 spiro atoms. The Morgan fingerprint density at radius 1 is 1.11 bits per heavy atom. The van der Waals surface area contributed by atoms with Gasteiger partial charge < -0.3 is 5.84 Å². The van der Waals surface area contributed by atoms with Crippen molar-refractivity contribution in [3.8, 4) is 22.8 Å². The third-order valence-corrected chi connectivity index (χ3v) is 5.27. The summed E-state index contributed by atoms with van der Waals surface area (Å²) in [5.74, 6) is 6.87. The van der Waals surface area contributed by atoms with Crippen LogP contribution >= 0.6 is 11.8 Å². The van der Waals surface area contributed by atoms with Gasteiger partial charge in [0.05, 0.1) is 11.4 Å². The third-order valence-electron chi connectivity index (χ3n) is 4.33. The number of ketones is 1. The minimum absolute atomic E-state index is 0.0283. The summed E-state index contributed by atoms with van der Waals surface area (Å²) < 4.78 is 1.37. The molecule has 0 radical (unpaired) electrons. The van der Waals surface area contributed by atoms with Crippen LogP contribution in [0.4, 0.5) is 0 Å². The zero-order valence-corrected chi connectivity index (χ0v) is 16.0. The van der Waals surface area contributed by atoms with Gasteiger partial charge in [-0.25, -0.2) is 4.68 Å². The van der Waals surface area contributed by atoms with E-state index in [0.717, 1.165) is 16.8 Å². The maximum atomic E-state index is 12.5. The second kappa shape index (κ2) is 7.69. The standard InChI is InChI=1S/C20H18N6OS/c1-13-7-5-6-10-15(13)18(27)12-28-20-25-24-19(26(20)21)17-11-16(22-23-17)14-8-3-2-4-9-14/h2-11H,12,21H2,1H3,(H,22,23). The Morgan fingerprint density at radius 3 is 2.64 bits per heavy atom. The molecule has 0 unspecified atom stereocenters. The molecule has 140 valence electrons. The van der Waals surface area contributed by atoms with Crippen LogP contribution in [0, 0.1) is 6.92 Å². The number of benzene rings is 2. The first-order valence-electron chi connectivity index (χ1n) is 8.67. The average Bonchev–Trinajstić information content (AvgIpc) is 3.34. The highest BCUT2D eigenvalue weighted by molar-refractivity contribution is 7.99. The number of nitrogens with one attached hydrogen (secondary N) is 1. The summed E-state index contributed by atoms with van der Waals surface area (Å²) in [6, 6.07) is 19.2. The number of nitrogen functional groups attached to an aromatic ring is 1. The first-order chi connectivity index (χ1) is 13.6. The molecule has 4 aromatic rings. The Labute approximate surface area is 166 Å². The monoisotopic (exact) mass is 390 g/mol. The molecule has 2 aromatic heterocycles. The van der Waals surface area contributed by atoms with Gasteiger partial charge in [-0.3, -0.25) is 9.89 Å². The zero-order valence-electron chi connectivity index (χ0n) is 15.2. The van der Waals surface area contributed by atoms with Crippen molar-refractivity contribution in [3.63, 3.8) is 0 Å². The Kier molecular flexibility index (Phi) is 4.94. The number of rotatable bonds is 6. The Morgan fingerprint density at radius 2 is 1.86 bits per heavy atom. The minimum Gasteiger partial charge on any atom is -0.335 e. The molecule has 0 aliphatic carbocycles. The molecule has 0 fully saturated rings. The number of Topliss-reactive ketones (excluding diaryl/α,β-unsaturated/α-hetero) is 1. The fourth-order valence-corrected chi connectivity index (χ4v) is 3.59. The van der Waals surface area contributed by atoms with Crippen LogP contribution in [0.25, 0.3) is 22.8 Å². The van der Waals surface area contributed by atoms with Crippen LogP contribution < -0.4 is 5.84 Å². The largest absolute Gasteiger partial charge is 0.335 e. The van der Waals surface area contributed by atoms with E-state index >= 15 is 0 Å². The van der Waals surface area contributed by atoms with E-state index in [4.69, 9.17) is 5.84 Å². The Bertz CT molecular complexity index is 1120. The van der Waals surface area contributed by atoms with Crippen LogP contribution in [0.1, 0.15) is 15.9 Å². The maximum Gasteiger partial charge on any atom is 0.210 e. The van der Waals surface area contributed by atoms with Gasteiger partial charge in [0, 0.05) is 11.1 Å². The molecule has 2 aromatic carbocycles. The van der Waals surface area contributed by atoms with Crippen molar-refractivity contribution in [2.45, 2.75) is 12.1 Å². The number of nitrogens with zero attached hydrogens (tertiary/aromatic N) is 4. The van der Waals surface area contributed by atoms with Gasteiger partial charge in [0.25, 0.3) is 0 Å². The number of aromatic nitrogens is 5. The molecule has 0 atom stereocenters. The summed E-state index contributed by atoms with van der Waals surface area (Å²) in [4.78, 5) is 12.5. The van der Waals surface area contributed by atoms with E-state index in [2.05, 4.69) is 20.4 Å². The molecular formula is C20H18N6OS. The summed E-state index contributed by atoms with van der Waals surface area (Å²) in [5.41, 5.74) is 4.10. The summed E-state index contributed by atoms with van der Waals surface area (Å²) in [6.07, 6.45) is 0. The van der Waals surface area contributed by atoms with E-state index in [1.807, 2.05) is 67.6 Å². The van der Waals surface area contributed by atoms with Crippen molar-refractivity contribution in [3.05, 3.63) is 71.8 Å². The van der Waals surface area contributed by atoms with Crippen molar-refractivity contribution in [2.75, 3.05) is 11.6 Å². The molecule has 0 amide bonds. The van der Waals surface area contributed by atoms with Crippen LogP contribution in [0.15, 0.2) is 65.8 Å². The van der Waals surface area contributed by atoms with Crippen molar-refractivity contribution in [1.29, 1.82) is 0 Å². The molecule has 0 aliphatic heterocycles. The number of H-pyrrole nitrogens is 1. The van der Waals surface area contributed by atoms with E-state index in [1.165, 1.54) is 16.4 Å². The number of hydrogen-bond acceptors (Lipinski definition) is 6. The highest BCUT2D eigenvalue weighted by Gasteiger charge is 2.17. The molecule has 28 heavy (non-hydrogen) atoms. The van der Waals surface area contributed by atoms with Crippen LogP contribution in [0.2, 0.25) is 0 Å². The first kappa shape index (κ1) is 18.0. The van der Waals surface area contributed by atoms with Crippen LogP contribution in [0.5, 0.6) is 0 Å². The molecule has 0 saturated heterocycles. The number of thioether (sulfide) groups is 1. The number of aryl methyl sites for hydroxylation is 1. The maximum absolute atomic E-state index is 12.5.